The minimum absolute atomic E-state index is 0.0599. The van der Waals surface area contributed by atoms with E-state index in [2.05, 4.69) is 10.1 Å². The molecule has 0 saturated carbocycles. The summed E-state index contributed by atoms with van der Waals surface area (Å²) in [5.41, 5.74) is 2.78. The minimum atomic E-state index is -0.247. The summed E-state index contributed by atoms with van der Waals surface area (Å²) in [6, 6.07) is 21.3. The van der Waals surface area contributed by atoms with E-state index in [1.807, 2.05) is 66.7 Å². The van der Waals surface area contributed by atoms with Gasteiger partial charge in [0.15, 0.2) is 11.6 Å². The molecule has 0 fully saturated rings. The topological polar surface area (TPSA) is 67.5 Å². The van der Waals surface area contributed by atoms with Gasteiger partial charge in [0, 0.05) is 17.8 Å². The maximum absolute atomic E-state index is 11.7. The van der Waals surface area contributed by atoms with Crippen molar-refractivity contribution in [2.24, 2.45) is 4.99 Å². The molecule has 0 aliphatic carbocycles. The van der Waals surface area contributed by atoms with Gasteiger partial charge in [0.05, 0.1) is 17.0 Å². The fraction of sp³-hybridized carbons (Fsp3) is 0.0952. The molecule has 0 aliphatic heterocycles. The van der Waals surface area contributed by atoms with Crippen LogP contribution in [0.15, 0.2) is 83.1 Å². The number of nitrogens with zero attached hydrogens (tertiary/aromatic N) is 3. The quantitative estimate of drug-likeness (QED) is 0.415. The van der Waals surface area contributed by atoms with Gasteiger partial charge in [-0.3, -0.25) is 4.79 Å². The number of para-hydroxylation sites is 1. The molecule has 3 aromatic rings. The van der Waals surface area contributed by atoms with E-state index in [0.717, 1.165) is 16.9 Å². The summed E-state index contributed by atoms with van der Waals surface area (Å²) >= 11 is 0. The molecule has 1 heterocycles. The van der Waals surface area contributed by atoms with Gasteiger partial charge >= 0.3 is 0 Å². The van der Waals surface area contributed by atoms with Crippen LogP contribution in [0.5, 0.6) is 0 Å². The highest BCUT2D eigenvalue weighted by Gasteiger charge is 2.11. The summed E-state index contributed by atoms with van der Waals surface area (Å²) in [5.74, 6) is 0.258. The van der Waals surface area contributed by atoms with E-state index in [1.54, 1.807) is 4.68 Å². The van der Waals surface area contributed by atoms with E-state index < -0.39 is 0 Å². The highest BCUT2D eigenvalue weighted by Crippen LogP contribution is 2.26. The van der Waals surface area contributed by atoms with Crippen molar-refractivity contribution < 1.29 is 9.90 Å². The third-order valence-electron chi connectivity index (χ3n) is 3.86. The highest BCUT2D eigenvalue weighted by molar-refractivity contribution is 6.12. The molecule has 0 aliphatic rings. The number of aromatic nitrogens is 2. The Morgan fingerprint density at radius 2 is 1.65 bits per heavy atom. The van der Waals surface area contributed by atoms with Crippen LogP contribution in [0, 0.1) is 0 Å². The number of hydrogen-bond acceptors (Lipinski definition) is 4. The number of carbonyl (C=O) groups is 1. The molecule has 26 heavy (non-hydrogen) atoms. The van der Waals surface area contributed by atoms with Crippen molar-refractivity contribution >= 4 is 17.8 Å². The van der Waals surface area contributed by atoms with Gasteiger partial charge in [-0.05, 0) is 26.0 Å². The van der Waals surface area contributed by atoms with Crippen LogP contribution in [-0.2, 0) is 4.79 Å². The number of carbonyl (C=O) groups excluding carboxylic acids is 1. The Balaban J connectivity index is 2.10. The summed E-state index contributed by atoms with van der Waals surface area (Å²) < 4.78 is 1.71. The average Bonchev–Trinajstić information content (AvgIpc) is 3.07. The zero-order valence-electron chi connectivity index (χ0n) is 14.6. The molecule has 0 saturated heterocycles. The zero-order valence-corrected chi connectivity index (χ0v) is 14.6. The molecule has 2 aromatic carbocycles. The molecular weight excluding hydrogens is 326 g/mol. The molecule has 0 unspecified atom stereocenters. The monoisotopic (exact) mass is 345 g/mol. The van der Waals surface area contributed by atoms with E-state index in [0.29, 0.717) is 5.82 Å². The summed E-state index contributed by atoms with van der Waals surface area (Å²) in [4.78, 5) is 16.1. The number of benzene rings is 2. The van der Waals surface area contributed by atoms with Crippen molar-refractivity contribution in [3.63, 3.8) is 0 Å². The first kappa shape index (κ1) is 17.4. The Morgan fingerprint density at radius 3 is 2.23 bits per heavy atom. The maximum Gasteiger partial charge on any atom is 0.164 e. The third-order valence-corrected chi connectivity index (χ3v) is 3.86. The Labute approximate surface area is 152 Å². The molecule has 130 valence electrons. The van der Waals surface area contributed by atoms with Gasteiger partial charge in [0.2, 0.25) is 0 Å². The average molecular weight is 345 g/mol. The molecule has 1 aromatic heterocycles. The molecule has 0 spiro atoms. The van der Waals surface area contributed by atoms with Crippen LogP contribution in [0.25, 0.3) is 16.9 Å². The molecule has 0 radical (unpaired) electrons. The third kappa shape index (κ3) is 3.78. The lowest BCUT2D eigenvalue weighted by Crippen LogP contribution is -2.02. The maximum atomic E-state index is 11.7. The first-order valence-corrected chi connectivity index (χ1v) is 8.22. The van der Waals surface area contributed by atoms with E-state index >= 15 is 0 Å². The minimum Gasteiger partial charge on any atom is -0.512 e. The molecule has 1 N–H and O–H groups in total. The number of aliphatic hydroxyl groups is 1. The first-order chi connectivity index (χ1) is 12.6. The second kappa shape index (κ2) is 7.61. The predicted molar refractivity (Wildman–Crippen MR) is 103 cm³/mol. The van der Waals surface area contributed by atoms with E-state index in [9.17, 15) is 9.90 Å². The van der Waals surface area contributed by atoms with E-state index in [-0.39, 0.29) is 17.1 Å². The normalized spacial score (nSPS) is 12.2. The van der Waals surface area contributed by atoms with Crippen molar-refractivity contribution in [3.05, 3.63) is 78.1 Å². The van der Waals surface area contributed by atoms with Crippen molar-refractivity contribution in [1.29, 1.82) is 0 Å². The number of allylic oxidation sites excluding steroid dienone is 2. The molecule has 0 bridgehead atoms. The summed E-state index contributed by atoms with van der Waals surface area (Å²) in [5, 5.41) is 14.3. The largest absolute Gasteiger partial charge is 0.512 e. The van der Waals surface area contributed by atoms with Crippen LogP contribution in [0.2, 0.25) is 0 Å². The molecule has 3 rings (SSSR count). The van der Waals surface area contributed by atoms with Crippen molar-refractivity contribution in [1.82, 2.24) is 9.78 Å². The highest BCUT2D eigenvalue weighted by atomic mass is 16.3. The Kier molecular flexibility index (Phi) is 5.08. The number of ketones is 1. The SMILES string of the molecule is CC(=O)C(C=Nc1cc(-c2ccccc2)nn1-c1ccccc1)=C(C)O. The number of hydrogen-bond donors (Lipinski definition) is 1. The van der Waals surface area contributed by atoms with Crippen LogP contribution in [0.3, 0.4) is 0 Å². The van der Waals surface area contributed by atoms with Gasteiger partial charge in [-0.1, -0.05) is 48.5 Å². The zero-order chi connectivity index (χ0) is 18.5. The lowest BCUT2D eigenvalue weighted by atomic mass is 10.1. The second-order valence-corrected chi connectivity index (χ2v) is 5.81. The van der Waals surface area contributed by atoms with Crippen molar-refractivity contribution in [2.75, 3.05) is 0 Å². The van der Waals surface area contributed by atoms with Gasteiger partial charge in [0.25, 0.3) is 0 Å². The van der Waals surface area contributed by atoms with Crippen molar-refractivity contribution in [3.8, 4) is 16.9 Å². The van der Waals surface area contributed by atoms with Crippen LogP contribution >= 0.6 is 0 Å². The van der Waals surface area contributed by atoms with Crippen LogP contribution < -0.4 is 0 Å². The Bertz CT molecular complexity index is 967. The number of aliphatic hydroxyl groups excluding tert-OH is 1. The number of aliphatic imine (C=N–C) groups is 1. The fourth-order valence-corrected chi connectivity index (χ4v) is 2.54. The van der Waals surface area contributed by atoms with Crippen LogP contribution in [0.4, 0.5) is 5.82 Å². The van der Waals surface area contributed by atoms with Gasteiger partial charge in [-0.2, -0.15) is 5.10 Å². The van der Waals surface area contributed by atoms with Gasteiger partial charge in [0.1, 0.15) is 5.76 Å². The van der Waals surface area contributed by atoms with Crippen LogP contribution in [-0.4, -0.2) is 26.9 Å². The molecule has 5 heteroatoms. The first-order valence-electron chi connectivity index (χ1n) is 8.22. The number of rotatable bonds is 5. The standard InChI is InChI=1S/C21H19N3O2/c1-15(25)19(16(2)26)14-22-21-13-20(17-9-5-3-6-10-17)23-24(21)18-11-7-4-8-12-18/h3-14,25H,1-2H3. The van der Waals surface area contributed by atoms with E-state index in [4.69, 9.17) is 0 Å². The summed E-state index contributed by atoms with van der Waals surface area (Å²) in [6.07, 6.45) is 1.38. The van der Waals surface area contributed by atoms with Gasteiger partial charge in [-0.25, -0.2) is 9.67 Å². The Morgan fingerprint density at radius 1 is 1.04 bits per heavy atom. The lowest BCUT2D eigenvalue weighted by Gasteiger charge is -2.04. The lowest BCUT2D eigenvalue weighted by molar-refractivity contribution is -0.113. The van der Waals surface area contributed by atoms with E-state index in [1.165, 1.54) is 20.1 Å². The fourth-order valence-electron chi connectivity index (χ4n) is 2.54. The molecule has 0 amide bonds. The smallest absolute Gasteiger partial charge is 0.164 e. The predicted octanol–water partition coefficient (Wildman–Crippen LogP) is 4.66. The van der Waals surface area contributed by atoms with Gasteiger partial charge < -0.3 is 5.11 Å². The molecule has 0 atom stereocenters. The van der Waals surface area contributed by atoms with Crippen molar-refractivity contribution in [2.45, 2.75) is 13.8 Å². The summed E-state index contributed by atoms with van der Waals surface area (Å²) in [6.45, 7) is 2.86. The second-order valence-electron chi connectivity index (χ2n) is 5.81. The van der Waals surface area contributed by atoms with Crippen LogP contribution in [0.1, 0.15) is 13.8 Å². The molecular formula is C21H19N3O2. The number of Topliss-reactive ketones (excluding diaryl/α,β-unsaturated/α-hetero) is 1. The molecule has 5 nitrogen and oxygen atoms in total. The summed E-state index contributed by atoms with van der Waals surface area (Å²) in [7, 11) is 0. The Hall–Kier alpha value is -3.47. The van der Waals surface area contributed by atoms with Gasteiger partial charge in [-0.15, -0.1) is 0 Å².